The molecule has 0 aliphatic rings. The second kappa shape index (κ2) is 9.35. The highest BCUT2D eigenvalue weighted by atomic mass is 16.3. The molecule has 3 heteroatoms. The van der Waals surface area contributed by atoms with Crippen molar-refractivity contribution < 1.29 is 4.42 Å². The van der Waals surface area contributed by atoms with Gasteiger partial charge in [0.25, 0.3) is 0 Å². The van der Waals surface area contributed by atoms with Gasteiger partial charge in [-0.05, 0) is 84.1 Å². The minimum Gasteiger partial charge on any atom is -0.436 e. The van der Waals surface area contributed by atoms with Gasteiger partial charge in [-0.2, -0.15) is 0 Å². The second-order valence-electron chi connectivity index (χ2n) is 9.92. The predicted octanol–water partition coefficient (Wildman–Crippen LogP) is 9.60. The Morgan fingerprint density at radius 3 is 2.18 bits per heavy atom. The predicted molar refractivity (Wildman–Crippen MR) is 158 cm³/mol. The summed E-state index contributed by atoms with van der Waals surface area (Å²) in [5, 5.41) is 2.53. The number of fused-ring (bicyclic) bond motifs is 4. The molecule has 5 aromatic carbocycles. The zero-order chi connectivity index (χ0) is 25.5. The lowest BCUT2D eigenvalue weighted by Crippen LogP contribution is -1.94. The fourth-order valence-electron chi connectivity index (χ4n) is 5.42. The van der Waals surface area contributed by atoms with Gasteiger partial charge in [0.05, 0.1) is 11.0 Å². The summed E-state index contributed by atoms with van der Waals surface area (Å²) in [6, 6.07) is 40.9. The molecule has 0 saturated heterocycles. The normalized spacial score (nSPS) is 11.6. The lowest BCUT2D eigenvalue weighted by Gasteiger charge is -2.10. The molecule has 2 aromatic heterocycles. The van der Waals surface area contributed by atoms with Crippen molar-refractivity contribution in [2.75, 3.05) is 0 Å². The van der Waals surface area contributed by atoms with Gasteiger partial charge in [-0.15, -0.1) is 0 Å². The van der Waals surface area contributed by atoms with E-state index in [2.05, 4.69) is 107 Å². The third-order valence-corrected chi connectivity index (χ3v) is 7.45. The summed E-state index contributed by atoms with van der Waals surface area (Å²) in [7, 11) is 0. The van der Waals surface area contributed by atoms with Crippen molar-refractivity contribution in [1.82, 2.24) is 9.55 Å². The van der Waals surface area contributed by atoms with E-state index in [1.807, 2.05) is 24.3 Å². The van der Waals surface area contributed by atoms with Crippen molar-refractivity contribution >= 4 is 32.9 Å². The van der Waals surface area contributed by atoms with Crippen molar-refractivity contribution in [2.24, 2.45) is 0 Å². The number of hydrogen-bond donors (Lipinski definition) is 0. The molecule has 0 amide bonds. The highest BCUT2D eigenvalue weighted by molar-refractivity contribution is 6.10. The van der Waals surface area contributed by atoms with Crippen LogP contribution in [0.5, 0.6) is 0 Å². The maximum atomic E-state index is 5.96. The number of rotatable bonds is 6. The average Bonchev–Trinajstić information content (AvgIpc) is 3.56. The number of para-hydroxylation sites is 3. The van der Waals surface area contributed by atoms with Crippen LogP contribution in [-0.2, 0) is 6.42 Å². The molecule has 0 saturated carbocycles. The summed E-state index contributed by atoms with van der Waals surface area (Å²) >= 11 is 0. The fraction of sp³-hybridized carbons (Fsp3) is 0.114. The molecular weight excluding hydrogens is 464 g/mol. The topological polar surface area (TPSA) is 31.0 Å². The number of aryl methyl sites for hydroxylation is 1. The first-order chi connectivity index (χ1) is 18.8. The standard InChI is InChI=1S/C35H28N2O/c1-2-3-8-24-13-20-28(21-14-24)37-32-11-6-4-9-29(32)30-23-27(19-22-33(30)37)25-15-17-26(18-16-25)35-36-31-10-5-7-12-34(31)38-35/h4-7,9-23H,2-3,8H2,1H3. The van der Waals surface area contributed by atoms with Crippen LogP contribution in [0.2, 0.25) is 0 Å². The Balaban J connectivity index is 1.28. The maximum absolute atomic E-state index is 5.96. The van der Waals surface area contributed by atoms with Gasteiger partial charge in [-0.3, -0.25) is 0 Å². The molecular formula is C35H28N2O. The third-order valence-electron chi connectivity index (χ3n) is 7.45. The third kappa shape index (κ3) is 3.88. The second-order valence-corrected chi connectivity index (χ2v) is 9.92. The molecule has 7 rings (SSSR count). The number of nitrogens with zero attached hydrogens (tertiary/aromatic N) is 2. The molecule has 0 unspecified atom stereocenters. The smallest absolute Gasteiger partial charge is 0.227 e. The van der Waals surface area contributed by atoms with Gasteiger partial charge >= 0.3 is 0 Å². The first kappa shape index (κ1) is 22.6. The summed E-state index contributed by atoms with van der Waals surface area (Å²) in [5.74, 6) is 0.650. The van der Waals surface area contributed by atoms with E-state index < -0.39 is 0 Å². The zero-order valence-corrected chi connectivity index (χ0v) is 21.4. The highest BCUT2D eigenvalue weighted by Crippen LogP contribution is 2.35. The van der Waals surface area contributed by atoms with E-state index in [1.165, 1.54) is 57.0 Å². The van der Waals surface area contributed by atoms with E-state index in [0.717, 1.165) is 23.1 Å². The van der Waals surface area contributed by atoms with Crippen LogP contribution >= 0.6 is 0 Å². The molecule has 184 valence electrons. The molecule has 0 radical (unpaired) electrons. The molecule has 3 nitrogen and oxygen atoms in total. The van der Waals surface area contributed by atoms with E-state index in [9.17, 15) is 0 Å². The van der Waals surface area contributed by atoms with Crippen molar-refractivity contribution in [2.45, 2.75) is 26.2 Å². The molecule has 0 atom stereocenters. The molecule has 2 heterocycles. The first-order valence-corrected chi connectivity index (χ1v) is 13.4. The Morgan fingerprint density at radius 2 is 1.37 bits per heavy atom. The summed E-state index contributed by atoms with van der Waals surface area (Å²) < 4.78 is 8.35. The van der Waals surface area contributed by atoms with E-state index in [0.29, 0.717) is 5.89 Å². The largest absolute Gasteiger partial charge is 0.436 e. The number of benzene rings is 5. The van der Waals surface area contributed by atoms with Crippen molar-refractivity contribution in [3.63, 3.8) is 0 Å². The summed E-state index contributed by atoms with van der Waals surface area (Å²) in [6.07, 6.45) is 3.59. The molecule has 0 spiro atoms. The quantitative estimate of drug-likeness (QED) is 0.231. The Bertz CT molecular complexity index is 1860. The van der Waals surface area contributed by atoms with Gasteiger partial charge in [-0.1, -0.05) is 74.0 Å². The monoisotopic (exact) mass is 492 g/mol. The van der Waals surface area contributed by atoms with Crippen LogP contribution in [0.25, 0.3) is 61.2 Å². The van der Waals surface area contributed by atoms with Crippen molar-refractivity contribution in [1.29, 1.82) is 0 Å². The molecule has 0 N–H and O–H groups in total. The van der Waals surface area contributed by atoms with E-state index in [4.69, 9.17) is 4.42 Å². The molecule has 0 aliphatic carbocycles. The average molecular weight is 493 g/mol. The van der Waals surface area contributed by atoms with Gasteiger partial charge in [0, 0.05) is 22.0 Å². The van der Waals surface area contributed by atoms with E-state index >= 15 is 0 Å². The Kier molecular flexibility index (Phi) is 5.55. The minimum absolute atomic E-state index is 0.650. The summed E-state index contributed by atoms with van der Waals surface area (Å²) in [6.45, 7) is 2.24. The van der Waals surface area contributed by atoms with Gasteiger partial charge in [0.1, 0.15) is 5.52 Å². The number of oxazole rings is 1. The van der Waals surface area contributed by atoms with Crippen LogP contribution in [0.3, 0.4) is 0 Å². The maximum Gasteiger partial charge on any atom is 0.227 e. The van der Waals surface area contributed by atoms with Crippen LogP contribution in [-0.4, -0.2) is 9.55 Å². The molecule has 38 heavy (non-hydrogen) atoms. The van der Waals surface area contributed by atoms with Crippen molar-refractivity contribution in [3.8, 4) is 28.3 Å². The molecule has 0 aliphatic heterocycles. The van der Waals surface area contributed by atoms with Crippen LogP contribution in [0.1, 0.15) is 25.3 Å². The SMILES string of the molecule is CCCCc1ccc(-n2c3ccccc3c3cc(-c4ccc(-c5nc6ccccc6o5)cc4)ccc32)cc1. The van der Waals surface area contributed by atoms with E-state index in [-0.39, 0.29) is 0 Å². The summed E-state index contributed by atoms with van der Waals surface area (Å²) in [5.41, 5.74) is 10.1. The van der Waals surface area contributed by atoms with Gasteiger partial charge in [0.15, 0.2) is 5.58 Å². The van der Waals surface area contributed by atoms with Gasteiger partial charge < -0.3 is 8.98 Å². The Hall–Kier alpha value is -4.63. The van der Waals surface area contributed by atoms with Gasteiger partial charge in [-0.25, -0.2) is 4.98 Å². The zero-order valence-electron chi connectivity index (χ0n) is 21.4. The van der Waals surface area contributed by atoms with Crippen LogP contribution in [0.15, 0.2) is 120 Å². The highest BCUT2D eigenvalue weighted by Gasteiger charge is 2.14. The lowest BCUT2D eigenvalue weighted by atomic mass is 10.0. The van der Waals surface area contributed by atoms with Gasteiger partial charge in [0.2, 0.25) is 5.89 Å². The summed E-state index contributed by atoms with van der Waals surface area (Å²) in [4.78, 5) is 4.64. The molecule has 7 aromatic rings. The van der Waals surface area contributed by atoms with Crippen molar-refractivity contribution in [3.05, 3.63) is 121 Å². The van der Waals surface area contributed by atoms with Crippen LogP contribution in [0.4, 0.5) is 0 Å². The van der Waals surface area contributed by atoms with E-state index in [1.54, 1.807) is 0 Å². The Labute approximate surface area is 222 Å². The molecule has 0 bridgehead atoms. The number of unbranched alkanes of at least 4 members (excludes halogenated alkanes) is 1. The first-order valence-electron chi connectivity index (χ1n) is 13.4. The minimum atomic E-state index is 0.650. The van der Waals surface area contributed by atoms with Crippen LogP contribution < -0.4 is 0 Å². The van der Waals surface area contributed by atoms with Crippen LogP contribution in [0, 0.1) is 0 Å². The number of hydrogen-bond acceptors (Lipinski definition) is 2. The Morgan fingerprint density at radius 1 is 0.658 bits per heavy atom. The fourth-order valence-corrected chi connectivity index (χ4v) is 5.42. The number of aromatic nitrogens is 2. The molecule has 0 fully saturated rings. The lowest BCUT2D eigenvalue weighted by molar-refractivity contribution is 0.620.